The summed E-state index contributed by atoms with van der Waals surface area (Å²) in [6.07, 6.45) is 1.84. The van der Waals surface area contributed by atoms with E-state index in [1.807, 2.05) is 79.7 Å². The lowest BCUT2D eigenvalue weighted by Crippen LogP contribution is -2.40. The second-order valence-corrected chi connectivity index (χ2v) is 11.5. The van der Waals surface area contributed by atoms with Gasteiger partial charge in [0.05, 0.1) is 42.3 Å². The molecule has 0 bridgehead atoms. The van der Waals surface area contributed by atoms with E-state index in [0.29, 0.717) is 32.1 Å². The number of anilines is 1. The molecule has 0 aliphatic carbocycles. The van der Waals surface area contributed by atoms with Gasteiger partial charge in [0.2, 0.25) is 0 Å². The van der Waals surface area contributed by atoms with Crippen molar-refractivity contribution in [3.8, 4) is 11.5 Å². The lowest BCUT2D eigenvalue weighted by Gasteiger charge is -2.27. The first kappa shape index (κ1) is 29.3. The summed E-state index contributed by atoms with van der Waals surface area (Å²) in [5, 5.41) is 0. The van der Waals surface area contributed by atoms with Crippen molar-refractivity contribution >= 4 is 50.7 Å². The molecule has 0 fully saturated rings. The molecule has 0 saturated carbocycles. The van der Waals surface area contributed by atoms with Gasteiger partial charge in [-0.3, -0.25) is 9.36 Å². The van der Waals surface area contributed by atoms with Gasteiger partial charge in [-0.1, -0.05) is 59.9 Å². The number of esters is 1. The van der Waals surface area contributed by atoms with E-state index in [0.717, 1.165) is 21.3 Å². The number of carbonyl (C=O) groups excluding carboxylic acids is 1. The van der Waals surface area contributed by atoms with Gasteiger partial charge in [0.1, 0.15) is 6.04 Å². The Morgan fingerprint density at radius 3 is 2.48 bits per heavy atom. The minimum atomic E-state index is -0.884. The molecule has 42 heavy (non-hydrogen) atoms. The predicted octanol–water partition coefficient (Wildman–Crippen LogP) is 4.78. The molecule has 0 saturated heterocycles. The summed E-state index contributed by atoms with van der Waals surface area (Å²) in [7, 11) is 7.02. The van der Waals surface area contributed by atoms with E-state index in [-0.39, 0.29) is 17.7 Å². The molecule has 1 aromatic heterocycles. The van der Waals surface area contributed by atoms with Gasteiger partial charge < -0.3 is 19.1 Å². The maximum absolute atomic E-state index is 14.2. The molecule has 2 heterocycles. The summed E-state index contributed by atoms with van der Waals surface area (Å²) in [5.74, 6) is 0.329. The number of halogens is 1. The highest BCUT2D eigenvalue weighted by Crippen LogP contribution is 2.42. The average Bonchev–Trinajstić information content (AvgIpc) is 3.30. The van der Waals surface area contributed by atoms with Gasteiger partial charge >= 0.3 is 5.97 Å². The Morgan fingerprint density at radius 2 is 1.83 bits per heavy atom. The van der Waals surface area contributed by atoms with E-state index in [9.17, 15) is 9.59 Å². The number of thiazole rings is 1. The highest BCUT2D eigenvalue weighted by atomic mass is 79.9. The second-order valence-electron chi connectivity index (χ2n) is 9.62. The molecule has 1 aliphatic heterocycles. The number of rotatable bonds is 8. The molecule has 216 valence electrons. The van der Waals surface area contributed by atoms with Crippen LogP contribution in [0.1, 0.15) is 29.7 Å². The summed E-state index contributed by atoms with van der Waals surface area (Å²) >= 11 is 4.90. The number of methoxy groups -OCH3 is 2. The van der Waals surface area contributed by atoms with Crippen molar-refractivity contribution in [2.45, 2.75) is 13.0 Å². The van der Waals surface area contributed by atoms with E-state index < -0.39 is 12.0 Å². The van der Waals surface area contributed by atoms with Crippen LogP contribution in [0.4, 0.5) is 5.69 Å². The Balaban J connectivity index is 1.84. The van der Waals surface area contributed by atoms with Crippen LogP contribution in [-0.2, 0) is 9.53 Å². The first-order valence-electron chi connectivity index (χ1n) is 13.2. The Kier molecular flexibility index (Phi) is 8.65. The van der Waals surface area contributed by atoms with Gasteiger partial charge in [-0.25, -0.2) is 9.79 Å². The number of hydrogen-bond acceptors (Lipinski definition) is 8. The fourth-order valence-electron chi connectivity index (χ4n) is 4.99. The highest BCUT2D eigenvalue weighted by molar-refractivity contribution is 9.10. The first-order valence-corrected chi connectivity index (χ1v) is 14.9. The number of para-hydroxylation sites is 1. The summed E-state index contributed by atoms with van der Waals surface area (Å²) in [4.78, 5) is 35.3. The fraction of sp³-hybridized carbons (Fsp3) is 0.219. The van der Waals surface area contributed by atoms with Crippen molar-refractivity contribution in [2.24, 2.45) is 4.99 Å². The van der Waals surface area contributed by atoms with Crippen molar-refractivity contribution in [3.05, 3.63) is 113 Å². The molecule has 5 rings (SSSR count). The Hall–Kier alpha value is -4.15. The quantitative estimate of drug-likeness (QED) is 0.256. The predicted molar refractivity (Wildman–Crippen MR) is 169 cm³/mol. The first-order chi connectivity index (χ1) is 20.3. The van der Waals surface area contributed by atoms with Gasteiger partial charge in [0.25, 0.3) is 5.56 Å². The molecular weight excluding hydrogens is 618 g/mol. The molecule has 0 spiro atoms. The third-order valence-electron chi connectivity index (χ3n) is 6.85. The summed E-state index contributed by atoms with van der Waals surface area (Å²) in [5.41, 5.74) is 3.57. The molecule has 0 radical (unpaired) electrons. The zero-order chi connectivity index (χ0) is 30.0. The van der Waals surface area contributed by atoms with E-state index in [4.69, 9.17) is 19.2 Å². The van der Waals surface area contributed by atoms with Gasteiger partial charge in [-0.05, 0) is 52.7 Å². The average molecular weight is 649 g/mol. The normalized spacial score (nSPS) is 14.7. The van der Waals surface area contributed by atoms with Crippen LogP contribution in [0.5, 0.6) is 11.5 Å². The van der Waals surface area contributed by atoms with Crippen LogP contribution >= 0.6 is 27.3 Å². The van der Waals surface area contributed by atoms with Crippen LogP contribution in [0.25, 0.3) is 11.8 Å². The Bertz CT molecular complexity index is 1860. The molecule has 1 atom stereocenters. The third-order valence-corrected chi connectivity index (χ3v) is 8.47. The van der Waals surface area contributed by atoms with E-state index in [2.05, 4.69) is 15.9 Å². The molecule has 0 unspecified atom stereocenters. The zero-order valence-corrected chi connectivity index (χ0v) is 26.3. The molecular formula is C32H30BrN3O5S. The molecule has 10 heteroatoms. The number of nitrogens with zero attached hydrogens (tertiary/aromatic N) is 3. The maximum atomic E-state index is 14.2. The van der Waals surface area contributed by atoms with Gasteiger partial charge in [0, 0.05) is 29.7 Å². The largest absolute Gasteiger partial charge is 0.493 e. The summed E-state index contributed by atoms with van der Waals surface area (Å²) in [6.45, 7) is 1.91. The van der Waals surface area contributed by atoms with Crippen molar-refractivity contribution in [2.75, 3.05) is 39.8 Å². The number of benzene rings is 3. The Labute approximate surface area is 255 Å². The van der Waals surface area contributed by atoms with Crippen LogP contribution in [0, 0.1) is 0 Å². The second kappa shape index (κ2) is 12.4. The van der Waals surface area contributed by atoms with Crippen LogP contribution in [0.15, 0.2) is 86.6 Å². The number of fused-ring (bicyclic) bond motifs is 1. The van der Waals surface area contributed by atoms with Crippen molar-refractivity contribution in [1.29, 1.82) is 0 Å². The van der Waals surface area contributed by atoms with E-state index in [1.165, 1.54) is 18.4 Å². The minimum absolute atomic E-state index is 0.161. The molecule has 4 aromatic rings. The molecule has 8 nitrogen and oxygen atoms in total. The third kappa shape index (κ3) is 5.39. The molecule has 0 N–H and O–H groups in total. The Morgan fingerprint density at radius 1 is 1.07 bits per heavy atom. The number of aromatic nitrogens is 1. The van der Waals surface area contributed by atoms with E-state index in [1.54, 1.807) is 30.7 Å². The number of ether oxygens (including phenoxy) is 3. The highest BCUT2D eigenvalue weighted by Gasteiger charge is 2.37. The standard InChI is InChI=1S/C32H30BrN3O5S/c1-6-41-31(38)26-27(20-11-8-7-9-12-20)34-32-36(28(26)21-13-10-14-24(39-4)29(21)40-5)30(37)25(42-32)18-19-15-16-23(35(2)3)22(33)17-19/h7-18,28H,6H2,1-5H3/t28-/m1/s1. The topological polar surface area (TPSA) is 82.4 Å². The fourth-order valence-corrected chi connectivity index (χ4v) is 6.74. The van der Waals surface area contributed by atoms with Crippen molar-refractivity contribution in [3.63, 3.8) is 0 Å². The van der Waals surface area contributed by atoms with Crippen LogP contribution < -0.4 is 29.3 Å². The molecule has 1 aliphatic rings. The molecule has 0 amide bonds. The van der Waals surface area contributed by atoms with Crippen LogP contribution in [-0.4, -0.2) is 45.5 Å². The van der Waals surface area contributed by atoms with Crippen molar-refractivity contribution < 1.29 is 19.0 Å². The minimum Gasteiger partial charge on any atom is -0.493 e. The van der Waals surface area contributed by atoms with Crippen LogP contribution in [0.2, 0.25) is 0 Å². The number of hydrogen-bond donors (Lipinski definition) is 0. The molecule has 3 aromatic carbocycles. The summed E-state index contributed by atoms with van der Waals surface area (Å²) in [6, 6.07) is 19.9. The van der Waals surface area contributed by atoms with Gasteiger partial charge in [0.15, 0.2) is 16.3 Å². The van der Waals surface area contributed by atoms with Gasteiger partial charge in [-0.2, -0.15) is 0 Å². The summed E-state index contributed by atoms with van der Waals surface area (Å²) < 4.78 is 19.9. The maximum Gasteiger partial charge on any atom is 0.338 e. The number of carbonyl (C=O) groups is 1. The smallest absolute Gasteiger partial charge is 0.338 e. The monoisotopic (exact) mass is 647 g/mol. The lowest BCUT2D eigenvalue weighted by atomic mass is 9.92. The lowest BCUT2D eigenvalue weighted by molar-refractivity contribution is -0.138. The van der Waals surface area contributed by atoms with Crippen LogP contribution in [0.3, 0.4) is 0 Å². The van der Waals surface area contributed by atoms with Gasteiger partial charge in [-0.15, -0.1) is 0 Å². The zero-order valence-electron chi connectivity index (χ0n) is 23.9. The SMILES string of the molecule is CCOC(=O)C1=C(c2ccccc2)N=c2sc(=Cc3ccc(N(C)C)c(Br)c3)c(=O)n2[C@@H]1c1cccc(OC)c1OC. The van der Waals surface area contributed by atoms with Crippen molar-refractivity contribution in [1.82, 2.24) is 4.57 Å². The van der Waals surface area contributed by atoms with E-state index >= 15 is 0 Å².